The first-order chi connectivity index (χ1) is 12.5. The molecule has 1 aliphatic rings. The zero-order chi connectivity index (χ0) is 18.5. The van der Waals surface area contributed by atoms with E-state index in [0.717, 1.165) is 18.4 Å². The lowest BCUT2D eigenvalue weighted by atomic mass is 10.1. The fourth-order valence-electron chi connectivity index (χ4n) is 2.66. The van der Waals surface area contributed by atoms with Crippen LogP contribution in [0.3, 0.4) is 0 Å². The van der Waals surface area contributed by atoms with Crippen molar-refractivity contribution in [3.8, 4) is 5.75 Å². The lowest BCUT2D eigenvalue weighted by Crippen LogP contribution is -2.38. The number of hydrogen-bond donors (Lipinski definition) is 1. The number of benzene rings is 1. The van der Waals surface area contributed by atoms with E-state index in [1.54, 1.807) is 48.5 Å². The van der Waals surface area contributed by atoms with Crippen molar-refractivity contribution in [2.24, 2.45) is 5.92 Å². The maximum Gasteiger partial charge on any atom is 0.308 e. The Bertz CT molecular complexity index is 757. The quantitative estimate of drug-likeness (QED) is 0.788. The summed E-state index contributed by atoms with van der Waals surface area (Å²) in [5.74, 6) is -0.914. The predicted octanol–water partition coefficient (Wildman–Crippen LogP) is 2.99. The number of rotatable bonds is 8. The lowest BCUT2D eigenvalue weighted by Gasteiger charge is -2.24. The van der Waals surface area contributed by atoms with Crippen LogP contribution in [-0.4, -0.2) is 39.5 Å². The van der Waals surface area contributed by atoms with Crippen LogP contribution in [0.4, 0.5) is 0 Å². The van der Waals surface area contributed by atoms with E-state index in [4.69, 9.17) is 9.84 Å². The van der Waals surface area contributed by atoms with Gasteiger partial charge in [-0.05, 0) is 54.8 Å². The second-order valence-corrected chi connectivity index (χ2v) is 6.60. The molecule has 1 amide bonds. The Morgan fingerprint density at radius 3 is 2.42 bits per heavy atom. The van der Waals surface area contributed by atoms with Gasteiger partial charge in [-0.15, -0.1) is 0 Å². The van der Waals surface area contributed by atoms with Crippen LogP contribution in [0.1, 0.15) is 35.7 Å². The summed E-state index contributed by atoms with van der Waals surface area (Å²) < 4.78 is 5.71. The van der Waals surface area contributed by atoms with Crippen molar-refractivity contribution < 1.29 is 19.4 Å². The molecule has 1 N–H and O–H groups in total. The lowest BCUT2D eigenvalue weighted by molar-refractivity contribution is -0.141. The molecule has 0 saturated heterocycles. The largest absolute Gasteiger partial charge is 0.489 e. The molecule has 1 heterocycles. The van der Waals surface area contributed by atoms with Crippen molar-refractivity contribution in [3.63, 3.8) is 0 Å². The maximum absolute atomic E-state index is 12.8. The van der Waals surface area contributed by atoms with Crippen LogP contribution in [0.2, 0.25) is 0 Å². The van der Waals surface area contributed by atoms with Gasteiger partial charge in [0.05, 0.1) is 5.92 Å². The zero-order valence-corrected chi connectivity index (χ0v) is 14.7. The minimum atomic E-state index is -0.886. The summed E-state index contributed by atoms with van der Waals surface area (Å²) in [4.78, 5) is 29.5. The van der Waals surface area contributed by atoms with E-state index >= 15 is 0 Å². The minimum Gasteiger partial charge on any atom is -0.489 e. The minimum absolute atomic E-state index is 0.124. The van der Waals surface area contributed by atoms with Gasteiger partial charge in [-0.1, -0.05) is 6.92 Å². The van der Waals surface area contributed by atoms with E-state index in [-0.39, 0.29) is 18.5 Å². The number of carbonyl (C=O) groups is 2. The summed E-state index contributed by atoms with van der Waals surface area (Å²) in [6.45, 7) is 2.29. The van der Waals surface area contributed by atoms with Gasteiger partial charge in [0, 0.05) is 30.5 Å². The van der Waals surface area contributed by atoms with Gasteiger partial charge in [0.1, 0.15) is 12.4 Å². The van der Waals surface area contributed by atoms with Gasteiger partial charge in [-0.2, -0.15) is 0 Å². The van der Waals surface area contributed by atoms with E-state index in [9.17, 15) is 9.59 Å². The van der Waals surface area contributed by atoms with Gasteiger partial charge < -0.3 is 14.7 Å². The third-order valence-corrected chi connectivity index (χ3v) is 4.40. The van der Waals surface area contributed by atoms with Crippen LogP contribution in [0, 0.1) is 5.92 Å². The van der Waals surface area contributed by atoms with E-state index in [1.165, 1.54) is 0 Å². The summed E-state index contributed by atoms with van der Waals surface area (Å²) in [5.41, 5.74) is 1.56. The van der Waals surface area contributed by atoms with Crippen LogP contribution in [0.15, 0.2) is 48.8 Å². The topological polar surface area (TPSA) is 79.7 Å². The molecule has 6 nitrogen and oxygen atoms in total. The number of pyridine rings is 1. The first-order valence-corrected chi connectivity index (χ1v) is 8.70. The Hall–Kier alpha value is -2.89. The van der Waals surface area contributed by atoms with E-state index in [1.807, 2.05) is 12.1 Å². The van der Waals surface area contributed by atoms with Crippen LogP contribution >= 0.6 is 0 Å². The van der Waals surface area contributed by atoms with E-state index in [0.29, 0.717) is 17.9 Å². The molecular weight excluding hydrogens is 332 g/mol. The van der Waals surface area contributed by atoms with E-state index < -0.39 is 11.9 Å². The van der Waals surface area contributed by atoms with Crippen molar-refractivity contribution in [2.75, 3.05) is 6.54 Å². The Labute approximate surface area is 152 Å². The van der Waals surface area contributed by atoms with Crippen LogP contribution in [0.25, 0.3) is 0 Å². The van der Waals surface area contributed by atoms with Gasteiger partial charge in [-0.3, -0.25) is 14.6 Å². The SMILES string of the molecule is CC(CN(C(=O)c1ccc(OCc2ccncc2)cc1)C1CC1)C(=O)O. The van der Waals surface area contributed by atoms with Crippen molar-refractivity contribution in [3.05, 3.63) is 59.9 Å². The van der Waals surface area contributed by atoms with Crippen LogP contribution < -0.4 is 4.74 Å². The first kappa shape index (κ1) is 17.9. The molecule has 26 heavy (non-hydrogen) atoms. The summed E-state index contributed by atoms with van der Waals surface area (Å²) in [5, 5.41) is 9.12. The molecule has 2 aromatic rings. The molecule has 1 atom stereocenters. The van der Waals surface area contributed by atoms with Crippen molar-refractivity contribution in [2.45, 2.75) is 32.4 Å². The molecule has 1 saturated carbocycles. The third-order valence-electron chi connectivity index (χ3n) is 4.40. The number of amides is 1. The summed E-state index contributed by atoms with van der Waals surface area (Å²) >= 11 is 0. The van der Waals surface area contributed by atoms with E-state index in [2.05, 4.69) is 4.98 Å². The number of carboxylic acids is 1. The smallest absolute Gasteiger partial charge is 0.308 e. The second kappa shape index (κ2) is 7.99. The fraction of sp³-hybridized carbons (Fsp3) is 0.350. The zero-order valence-electron chi connectivity index (χ0n) is 14.7. The molecule has 0 radical (unpaired) electrons. The predicted molar refractivity (Wildman–Crippen MR) is 95.9 cm³/mol. The Kier molecular flexibility index (Phi) is 5.51. The van der Waals surface area contributed by atoms with Gasteiger partial charge in [0.25, 0.3) is 5.91 Å². The average Bonchev–Trinajstić information content (AvgIpc) is 3.50. The number of carbonyl (C=O) groups excluding carboxylic acids is 1. The number of ether oxygens (including phenoxy) is 1. The maximum atomic E-state index is 12.8. The number of aliphatic carboxylic acids is 1. The number of hydrogen-bond acceptors (Lipinski definition) is 4. The average molecular weight is 354 g/mol. The summed E-state index contributed by atoms with van der Waals surface area (Å²) in [6.07, 6.45) is 5.30. The fourth-order valence-corrected chi connectivity index (χ4v) is 2.66. The van der Waals surface area contributed by atoms with Gasteiger partial charge in [-0.25, -0.2) is 0 Å². The molecule has 3 rings (SSSR count). The molecule has 1 aromatic carbocycles. The number of carboxylic acid groups (broad SMARTS) is 1. The summed E-state index contributed by atoms with van der Waals surface area (Å²) in [6, 6.07) is 10.9. The molecule has 0 bridgehead atoms. The molecule has 6 heteroatoms. The molecule has 1 fully saturated rings. The highest BCUT2D eigenvalue weighted by Crippen LogP contribution is 2.29. The molecule has 136 valence electrons. The van der Waals surface area contributed by atoms with Gasteiger partial charge in [0.15, 0.2) is 0 Å². The molecule has 1 unspecified atom stereocenters. The monoisotopic (exact) mass is 354 g/mol. The van der Waals surface area contributed by atoms with Gasteiger partial charge in [0.2, 0.25) is 0 Å². The third kappa shape index (κ3) is 4.59. The molecular formula is C20H22N2O4. The molecule has 1 aliphatic carbocycles. The molecule has 1 aromatic heterocycles. The van der Waals surface area contributed by atoms with Crippen molar-refractivity contribution >= 4 is 11.9 Å². The Morgan fingerprint density at radius 2 is 1.85 bits per heavy atom. The molecule has 0 spiro atoms. The van der Waals surface area contributed by atoms with Gasteiger partial charge >= 0.3 is 5.97 Å². The highest BCUT2D eigenvalue weighted by molar-refractivity contribution is 5.95. The van der Waals surface area contributed by atoms with Crippen LogP contribution in [-0.2, 0) is 11.4 Å². The van der Waals surface area contributed by atoms with Crippen molar-refractivity contribution in [1.29, 1.82) is 0 Å². The summed E-state index contributed by atoms with van der Waals surface area (Å²) in [7, 11) is 0. The number of nitrogens with zero attached hydrogens (tertiary/aromatic N) is 2. The Morgan fingerprint density at radius 1 is 1.19 bits per heavy atom. The normalized spacial score (nSPS) is 14.5. The van der Waals surface area contributed by atoms with Crippen LogP contribution in [0.5, 0.6) is 5.75 Å². The Balaban J connectivity index is 1.62. The molecule has 0 aliphatic heterocycles. The number of aromatic nitrogens is 1. The highest BCUT2D eigenvalue weighted by Gasteiger charge is 2.34. The standard InChI is InChI=1S/C20H22N2O4/c1-14(20(24)25)12-22(17-4-5-17)19(23)16-2-6-18(7-3-16)26-13-15-8-10-21-11-9-15/h2-3,6-11,14,17H,4-5,12-13H2,1H3,(H,24,25). The second-order valence-electron chi connectivity index (χ2n) is 6.60. The van der Waals surface area contributed by atoms with Crippen molar-refractivity contribution in [1.82, 2.24) is 9.88 Å². The highest BCUT2D eigenvalue weighted by atomic mass is 16.5. The first-order valence-electron chi connectivity index (χ1n) is 8.70.